The lowest BCUT2D eigenvalue weighted by Gasteiger charge is -2.27. The van der Waals surface area contributed by atoms with Gasteiger partial charge in [0.05, 0.1) is 29.8 Å². The number of furan rings is 1. The van der Waals surface area contributed by atoms with E-state index in [4.69, 9.17) is 20.8 Å². The monoisotopic (exact) mass is 253 g/mol. The average Bonchev–Trinajstić information content (AvgIpc) is 2.82. The van der Waals surface area contributed by atoms with Crippen LogP contribution in [-0.4, -0.2) is 6.54 Å². The number of fused-ring (bicyclic) bond motifs is 1. The Morgan fingerprint density at radius 3 is 3.06 bits per heavy atom. The van der Waals surface area contributed by atoms with Gasteiger partial charge in [0, 0.05) is 11.6 Å². The minimum Gasteiger partial charge on any atom is -0.480 e. The van der Waals surface area contributed by atoms with Crippen molar-refractivity contribution in [1.29, 1.82) is 0 Å². The molecule has 1 aromatic carbocycles. The molecule has 0 spiro atoms. The van der Waals surface area contributed by atoms with Crippen molar-refractivity contribution in [3.05, 3.63) is 47.1 Å². The van der Waals surface area contributed by atoms with Crippen LogP contribution >= 0.6 is 11.6 Å². The van der Waals surface area contributed by atoms with Gasteiger partial charge in [-0.1, -0.05) is 11.6 Å². The van der Waals surface area contributed by atoms with Crippen molar-refractivity contribution < 1.29 is 13.5 Å². The Balaban J connectivity index is 1.95. The normalized spacial score (nSPS) is 18.1. The number of ether oxygens (including phenoxy) is 1. The van der Waals surface area contributed by atoms with Gasteiger partial charge in [0.25, 0.3) is 0 Å². The third-order valence-corrected chi connectivity index (χ3v) is 2.94. The Morgan fingerprint density at radius 1 is 1.41 bits per heavy atom. The fourth-order valence-electron chi connectivity index (χ4n) is 1.84. The van der Waals surface area contributed by atoms with Crippen LogP contribution in [0.1, 0.15) is 11.7 Å². The highest BCUT2D eigenvalue weighted by atomic mass is 35.5. The number of hydrogen-bond donors (Lipinski definition) is 1. The summed E-state index contributed by atoms with van der Waals surface area (Å²) in [6, 6.07) is 4.43. The summed E-state index contributed by atoms with van der Waals surface area (Å²) in [6.45, 7) is 0.548. The molecule has 0 saturated heterocycles. The summed E-state index contributed by atoms with van der Waals surface area (Å²) >= 11 is 5.95. The zero-order chi connectivity index (χ0) is 11.8. The van der Waals surface area contributed by atoms with E-state index in [1.165, 1.54) is 12.1 Å². The molecule has 17 heavy (non-hydrogen) atoms. The highest BCUT2D eigenvalue weighted by molar-refractivity contribution is 6.32. The molecule has 0 amide bonds. The quantitative estimate of drug-likeness (QED) is 0.843. The highest BCUT2D eigenvalue weighted by Crippen LogP contribution is 2.40. The molecular formula is C12H9ClFNO2. The summed E-state index contributed by atoms with van der Waals surface area (Å²) in [4.78, 5) is 0. The van der Waals surface area contributed by atoms with E-state index >= 15 is 0 Å². The average molecular weight is 254 g/mol. The molecule has 3 nitrogen and oxygen atoms in total. The molecule has 0 saturated carbocycles. The summed E-state index contributed by atoms with van der Waals surface area (Å²) in [5, 5.41) is 3.36. The van der Waals surface area contributed by atoms with Crippen LogP contribution in [0.25, 0.3) is 0 Å². The van der Waals surface area contributed by atoms with Gasteiger partial charge in [-0.2, -0.15) is 0 Å². The van der Waals surface area contributed by atoms with Crippen molar-refractivity contribution in [3.8, 4) is 5.75 Å². The van der Waals surface area contributed by atoms with Gasteiger partial charge < -0.3 is 14.5 Å². The lowest BCUT2D eigenvalue weighted by molar-refractivity contribution is 0.209. The topological polar surface area (TPSA) is 34.4 Å². The molecule has 1 unspecified atom stereocenters. The van der Waals surface area contributed by atoms with Crippen molar-refractivity contribution in [3.63, 3.8) is 0 Å². The van der Waals surface area contributed by atoms with E-state index in [2.05, 4.69) is 5.32 Å². The first-order valence-corrected chi connectivity index (χ1v) is 5.53. The van der Waals surface area contributed by atoms with Crippen LogP contribution in [-0.2, 0) is 0 Å². The van der Waals surface area contributed by atoms with Gasteiger partial charge >= 0.3 is 0 Å². The molecule has 1 aromatic heterocycles. The van der Waals surface area contributed by atoms with Crippen LogP contribution in [0, 0.1) is 5.82 Å². The molecule has 0 bridgehead atoms. The van der Waals surface area contributed by atoms with Gasteiger partial charge in [-0.05, 0) is 12.1 Å². The van der Waals surface area contributed by atoms with Gasteiger partial charge in [0.2, 0.25) is 0 Å². The highest BCUT2D eigenvalue weighted by Gasteiger charge is 2.24. The molecule has 0 aliphatic carbocycles. The first kappa shape index (κ1) is 10.5. The maximum Gasteiger partial charge on any atom is 0.162 e. The molecule has 3 rings (SSSR count). The van der Waals surface area contributed by atoms with E-state index in [0.29, 0.717) is 18.0 Å². The Morgan fingerprint density at radius 2 is 2.29 bits per heavy atom. The second-order valence-electron chi connectivity index (χ2n) is 3.81. The Bertz CT molecular complexity index is 542. The molecule has 5 heteroatoms. The van der Waals surface area contributed by atoms with Crippen LogP contribution < -0.4 is 10.1 Å². The molecule has 1 atom stereocenters. The third-order valence-electron chi connectivity index (χ3n) is 2.66. The summed E-state index contributed by atoms with van der Waals surface area (Å²) in [5.74, 6) is 0.0946. The fourth-order valence-corrected chi connectivity index (χ4v) is 2.09. The Labute approximate surface area is 102 Å². The summed E-state index contributed by atoms with van der Waals surface area (Å²) < 4.78 is 23.9. The number of halogens is 2. The molecule has 2 aromatic rings. The smallest absolute Gasteiger partial charge is 0.162 e. The minimum atomic E-state index is -0.383. The fraction of sp³-hybridized carbons (Fsp3) is 0.167. The Hall–Kier alpha value is -1.68. The zero-order valence-electron chi connectivity index (χ0n) is 8.74. The van der Waals surface area contributed by atoms with Crippen molar-refractivity contribution in [2.75, 3.05) is 11.9 Å². The number of rotatable bonds is 1. The van der Waals surface area contributed by atoms with E-state index in [9.17, 15) is 4.39 Å². The van der Waals surface area contributed by atoms with Crippen molar-refractivity contribution in [2.45, 2.75) is 6.10 Å². The minimum absolute atomic E-state index is 0.177. The van der Waals surface area contributed by atoms with E-state index in [-0.39, 0.29) is 16.9 Å². The van der Waals surface area contributed by atoms with Crippen LogP contribution in [0.3, 0.4) is 0 Å². The predicted molar refractivity (Wildman–Crippen MR) is 62.0 cm³/mol. The second kappa shape index (κ2) is 3.96. The predicted octanol–water partition coefficient (Wildman–Crippen LogP) is 3.62. The summed E-state index contributed by atoms with van der Waals surface area (Å²) in [6.07, 6.45) is 3.03. The molecular weight excluding hydrogens is 245 g/mol. The third kappa shape index (κ3) is 1.85. The SMILES string of the molecule is Fc1cc(Cl)c2c(c1)NCC(c1ccoc1)O2. The molecule has 0 fully saturated rings. The maximum absolute atomic E-state index is 13.1. The van der Waals surface area contributed by atoms with Crippen LogP contribution in [0.2, 0.25) is 5.02 Å². The van der Waals surface area contributed by atoms with Gasteiger partial charge in [-0.3, -0.25) is 0 Å². The van der Waals surface area contributed by atoms with E-state index < -0.39 is 0 Å². The number of hydrogen-bond acceptors (Lipinski definition) is 3. The van der Waals surface area contributed by atoms with E-state index in [0.717, 1.165) is 5.56 Å². The van der Waals surface area contributed by atoms with Gasteiger partial charge in [0.15, 0.2) is 5.75 Å². The lowest BCUT2D eigenvalue weighted by Crippen LogP contribution is -2.23. The summed E-state index contributed by atoms with van der Waals surface area (Å²) in [7, 11) is 0. The molecule has 88 valence electrons. The molecule has 1 N–H and O–H groups in total. The first-order chi connectivity index (χ1) is 8.24. The zero-order valence-corrected chi connectivity index (χ0v) is 9.50. The molecule has 0 radical (unpaired) electrons. The number of anilines is 1. The van der Waals surface area contributed by atoms with Crippen LogP contribution in [0.4, 0.5) is 10.1 Å². The van der Waals surface area contributed by atoms with Gasteiger partial charge in [-0.15, -0.1) is 0 Å². The largest absolute Gasteiger partial charge is 0.480 e. The summed E-state index contributed by atoms with van der Waals surface area (Å²) in [5.41, 5.74) is 1.50. The van der Waals surface area contributed by atoms with Crippen molar-refractivity contribution in [2.24, 2.45) is 0 Å². The first-order valence-electron chi connectivity index (χ1n) is 5.16. The van der Waals surface area contributed by atoms with Gasteiger partial charge in [-0.25, -0.2) is 4.39 Å². The standard InChI is InChI=1S/C12H9ClFNO2/c13-9-3-8(14)4-10-12(9)17-11(5-15-10)7-1-2-16-6-7/h1-4,6,11,15H,5H2. The lowest BCUT2D eigenvalue weighted by atomic mass is 10.1. The van der Waals surface area contributed by atoms with E-state index in [1.54, 1.807) is 12.5 Å². The number of nitrogens with one attached hydrogen (secondary N) is 1. The van der Waals surface area contributed by atoms with Gasteiger partial charge in [0.1, 0.15) is 11.9 Å². The second-order valence-corrected chi connectivity index (χ2v) is 4.22. The molecule has 2 heterocycles. The Kier molecular flexibility index (Phi) is 2.44. The maximum atomic E-state index is 13.1. The van der Waals surface area contributed by atoms with Crippen molar-refractivity contribution in [1.82, 2.24) is 0 Å². The van der Waals surface area contributed by atoms with Crippen LogP contribution in [0.15, 0.2) is 35.1 Å². The van der Waals surface area contributed by atoms with Crippen LogP contribution in [0.5, 0.6) is 5.75 Å². The molecule has 1 aliphatic rings. The van der Waals surface area contributed by atoms with Crippen molar-refractivity contribution >= 4 is 17.3 Å². The molecule has 1 aliphatic heterocycles. The number of benzene rings is 1. The van der Waals surface area contributed by atoms with E-state index in [1.807, 2.05) is 6.07 Å².